The number of hydrogen-bond acceptors (Lipinski definition) is 4. The first-order chi connectivity index (χ1) is 11.5. The molecule has 0 bridgehead atoms. The molecular weight excluding hydrogens is 304 g/mol. The maximum atomic E-state index is 11.3. The average Bonchev–Trinajstić information content (AvgIpc) is 2.60. The zero-order valence-electron chi connectivity index (χ0n) is 14.4. The van der Waals surface area contributed by atoms with Gasteiger partial charge in [-0.05, 0) is 37.2 Å². The summed E-state index contributed by atoms with van der Waals surface area (Å²) in [6.07, 6.45) is 0. The number of nitrogens with zero attached hydrogens (tertiary/aromatic N) is 1. The Kier molecular flexibility index (Phi) is 6.21. The van der Waals surface area contributed by atoms with Gasteiger partial charge in [0.1, 0.15) is 6.61 Å². The summed E-state index contributed by atoms with van der Waals surface area (Å²) in [5, 5.41) is 0. The molecule has 0 saturated heterocycles. The molecule has 24 heavy (non-hydrogen) atoms. The quantitative estimate of drug-likeness (QED) is 0.809. The van der Waals surface area contributed by atoms with Crippen LogP contribution in [0.2, 0.25) is 0 Å². The van der Waals surface area contributed by atoms with Gasteiger partial charge in [-0.3, -0.25) is 9.69 Å². The van der Waals surface area contributed by atoms with E-state index in [9.17, 15) is 4.79 Å². The second kappa shape index (κ2) is 8.36. The molecule has 0 heterocycles. The van der Waals surface area contributed by atoms with E-state index in [0.717, 1.165) is 11.1 Å². The van der Waals surface area contributed by atoms with Gasteiger partial charge in [0.05, 0.1) is 13.2 Å². The van der Waals surface area contributed by atoms with Crippen LogP contribution < -0.4 is 15.2 Å². The summed E-state index contributed by atoms with van der Waals surface area (Å²) in [6.45, 7) is 2.87. The van der Waals surface area contributed by atoms with Gasteiger partial charge in [0, 0.05) is 6.54 Å². The van der Waals surface area contributed by atoms with E-state index >= 15 is 0 Å². The topological polar surface area (TPSA) is 64.8 Å². The van der Waals surface area contributed by atoms with Gasteiger partial charge in [0.25, 0.3) is 0 Å². The van der Waals surface area contributed by atoms with Crippen molar-refractivity contribution in [2.75, 3.05) is 14.2 Å². The fourth-order valence-electron chi connectivity index (χ4n) is 2.31. The molecule has 0 unspecified atom stereocenters. The Morgan fingerprint density at radius 1 is 1.12 bits per heavy atom. The van der Waals surface area contributed by atoms with Crippen LogP contribution in [0.5, 0.6) is 11.5 Å². The molecule has 5 heteroatoms. The van der Waals surface area contributed by atoms with Crippen molar-refractivity contribution < 1.29 is 14.3 Å². The van der Waals surface area contributed by atoms with Gasteiger partial charge in [0.15, 0.2) is 11.5 Å². The molecule has 5 nitrogen and oxygen atoms in total. The zero-order valence-corrected chi connectivity index (χ0v) is 14.4. The molecular formula is C19H24N2O3. The molecule has 2 N–H and O–H groups in total. The summed E-state index contributed by atoms with van der Waals surface area (Å²) in [5.41, 5.74) is 7.46. The summed E-state index contributed by atoms with van der Waals surface area (Å²) < 4.78 is 11.3. The van der Waals surface area contributed by atoms with Crippen LogP contribution in [-0.2, 0) is 17.9 Å². The molecule has 0 aliphatic rings. The SMILES string of the molecule is COc1cc(CN(C)[C@@H](C)C(N)=O)ccc1OCc1ccccc1. The second-order valence-electron chi connectivity index (χ2n) is 5.75. The largest absolute Gasteiger partial charge is 0.493 e. The van der Waals surface area contributed by atoms with Crippen LogP contribution in [0.3, 0.4) is 0 Å². The van der Waals surface area contributed by atoms with E-state index < -0.39 is 0 Å². The summed E-state index contributed by atoms with van der Waals surface area (Å²) in [5.74, 6) is 1.02. The third-order valence-corrected chi connectivity index (χ3v) is 3.97. The Morgan fingerprint density at radius 2 is 1.83 bits per heavy atom. The molecule has 0 aliphatic heterocycles. The van der Waals surface area contributed by atoms with Crippen LogP contribution in [0.1, 0.15) is 18.1 Å². The lowest BCUT2D eigenvalue weighted by atomic mass is 10.1. The highest BCUT2D eigenvalue weighted by Crippen LogP contribution is 2.29. The molecule has 0 fully saturated rings. The van der Waals surface area contributed by atoms with Gasteiger partial charge in [-0.1, -0.05) is 36.4 Å². The highest BCUT2D eigenvalue weighted by atomic mass is 16.5. The monoisotopic (exact) mass is 328 g/mol. The Hall–Kier alpha value is -2.53. The van der Waals surface area contributed by atoms with Gasteiger partial charge in [-0.2, -0.15) is 0 Å². The summed E-state index contributed by atoms with van der Waals surface area (Å²) >= 11 is 0. The van der Waals surface area contributed by atoms with Gasteiger partial charge in [0.2, 0.25) is 5.91 Å². The molecule has 0 spiro atoms. The molecule has 0 saturated carbocycles. The smallest absolute Gasteiger partial charge is 0.234 e. The Bertz CT molecular complexity index is 674. The Balaban J connectivity index is 2.05. The molecule has 128 valence electrons. The number of likely N-dealkylation sites (N-methyl/N-ethyl adjacent to an activating group) is 1. The highest BCUT2D eigenvalue weighted by molar-refractivity contribution is 5.79. The van der Waals surface area contributed by atoms with E-state index in [1.54, 1.807) is 14.0 Å². The third kappa shape index (κ3) is 4.73. The number of hydrogen-bond donors (Lipinski definition) is 1. The predicted molar refractivity (Wildman–Crippen MR) is 93.9 cm³/mol. The minimum atomic E-state index is -0.340. The molecule has 0 aliphatic carbocycles. The number of ether oxygens (including phenoxy) is 2. The minimum absolute atomic E-state index is 0.329. The second-order valence-corrected chi connectivity index (χ2v) is 5.75. The number of carbonyl (C=O) groups is 1. The summed E-state index contributed by atoms with van der Waals surface area (Å²) in [7, 11) is 3.48. The van der Waals surface area contributed by atoms with Crippen LogP contribution in [0, 0.1) is 0 Å². The van der Waals surface area contributed by atoms with Crippen molar-refractivity contribution in [1.82, 2.24) is 4.90 Å². The molecule has 2 aromatic rings. The van der Waals surface area contributed by atoms with Crippen molar-refractivity contribution in [3.05, 3.63) is 59.7 Å². The number of nitrogens with two attached hydrogens (primary N) is 1. The van der Waals surface area contributed by atoms with E-state index in [2.05, 4.69) is 0 Å². The first-order valence-electron chi connectivity index (χ1n) is 7.84. The molecule has 0 radical (unpaired) electrons. The van der Waals surface area contributed by atoms with Gasteiger partial charge in [-0.25, -0.2) is 0 Å². The lowest BCUT2D eigenvalue weighted by Gasteiger charge is -2.22. The first kappa shape index (κ1) is 17.8. The maximum absolute atomic E-state index is 11.3. The van der Waals surface area contributed by atoms with E-state index in [4.69, 9.17) is 15.2 Å². The molecule has 1 atom stereocenters. The van der Waals surface area contributed by atoms with Crippen LogP contribution in [0.4, 0.5) is 0 Å². The van der Waals surface area contributed by atoms with E-state index in [0.29, 0.717) is 24.7 Å². The summed E-state index contributed by atoms with van der Waals surface area (Å²) in [4.78, 5) is 13.2. The number of methoxy groups -OCH3 is 1. The van der Waals surface area contributed by atoms with Crippen molar-refractivity contribution in [3.8, 4) is 11.5 Å². The van der Waals surface area contributed by atoms with Crippen LogP contribution in [-0.4, -0.2) is 31.0 Å². The lowest BCUT2D eigenvalue weighted by molar-refractivity contribution is -0.122. The molecule has 0 aromatic heterocycles. The van der Waals surface area contributed by atoms with Crippen molar-refractivity contribution in [2.45, 2.75) is 26.1 Å². The normalized spacial score (nSPS) is 12.0. The van der Waals surface area contributed by atoms with E-state index in [1.165, 1.54) is 0 Å². The molecule has 1 amide bonds. The number of primary amides is 1. The third-order valence-electron chi connectivity index (χ3n) is 3.97. The zero-order chi connectivity index (χ0) is 17.5. The van der Waals surface area contributed by atoms with E-state index in [-0.39, 0.29) is 11.9 Å². The Labute approximate surface area is 143 Å². The van der Waals surface area contributed by atoms with Crippen molar-refractivity contribution in [3.63, 3.8) is 0 Å². The number of carbonyl (C=O) groups excluding carboxylic acids is 1. The van der Waals surface area contributed by atoms with Gasteiger partial charge < -0.3 is 15.2 Å². The summed E-state index contributed by atoms with van der Waals surface area (Å²) in [6, 6.07) is 15.4. The predicted octanol–water partition coefficient (Wildman–Crippen LogP) is 2.58. The molecule has 2 rings (SSSR count). The van der Waals surface area contributed by atoms with Crippen LogP contribution in [0.15, 0.2) is 48.5 Å². The number of amides is 1. The lowest BCUT2D eigenvalue weighted by Crippen LogP contribution is -2.39. The number of benzene rings is 2. The van der Waals surface area contributed by atoms with Crippen LogP contribution in [0.25, 0.3) is 0 Å². The van der Waals surface area contributed by atoms with E-state index in [1.807, 2.05) is 60.5 Å². The average molecular weight is 328 g/mol. The van der Waals surface area contributed by atoms with Gasteiger partial charge in [-0.15, -0.1) is 0 Å². The number of rotatable bonds is 8. The maximum Gasteiger partial charge on any atom is 0.234 e. The fraction of sp³-hybridized carbons (Fsp3) is 0.316. The van der Waals surface area contributed by atoms with Crippen molar-refractivity contribution >= 4 is 5.91 Å². The Morgan fingerprint density at radius 3 is 2.46 bits per heavy atom. The first-order valence-corrected chi connectivity index (χ1v) is 7.84. The van der Waals surface area contributed by atoms with Crippen molar-refractivity contribution in [1.29, 1.82) is 0 Å². The molecule has 2 aromatic carbocycles. The van der Waals surface area contributed by atoms with Crippen LogP contribution >= 0.6 is 0 Å². The fourth-order valence-corrected chi connectivity index (χ4v) is 2.31. The van der Waals surface area contributed by atoms with Crippen molar-refractivity contribution in [2.24, 2.45) is 5.73 Å². The standard InChI is InChI=1S/C19H24N2O3/c1-14(19(20)22)21(2)12-16-9-10-17(18(11-16)23-3)24-13-15-7-5-4-6-8-15/h4-11,14H,12-13H2,1-3H3,(H2,20,22)/t14-/m0/s1. The van der Waals surface area contributed by atoms with Gasteiger partial charge >= 0.3 is 0 Å². The highest BCUT2D eigenvalue weighted by Gasteiger charge is 2.15. The minimum Gasteiger partial charge on any atom is -0.493 e.